The molecule has 0 saturated heterocycles. The molecule has 1 aromatic carbocycles. The van der Waals surface area contributed by atoms with Crippen molar-refractivity contribution in [1.29, 1.82) is 0 Å². The number of amidine groups is 1. The molecule has 1 rings (SSSR count). The maximum absolute atomic E-state index is 11.9. The van der Waals surface area contributed by atoms with Crippen LogP contribution in [0.2, 0.25) is 0 Å². The van der Waals surface area contributed by atoms with E-state index < -0.39 is 15.7 Å². The van der Waals surface area contributed by atoms with Crippen molar-refractivity contribution >= 4 is 21.7 Å². The molecule has 0 aromatic heterocycles. The number of hydrogen-bond donors (Lipinski definition) is 4. The average molecular weight is 316 g/mol. The lowest BCUT2D eigenvalue weighted by Gasteiger charge is -2.21. The second-order valence-electron chi connectivity index (χ2n) is 5.37. The smallest absolute Gasteiger partial charge is 0.299 e. The van der Waals surface area contributed by atoms with Crippen LogP contribution in [0.3, 0.4) is 0 Å². The first-order valence-electron chi connectivity index (χ1n) is 6.12. The topological polar surface area (TPSA) is 126 Å². The molecule has 0 aliphatic rings. The summed E-state index contributed by atoms with van der Waals surface area (Å²) >= 11 is 0. The van der Waals surface area contributed by atoms with Gasteiger partial charge in [-0.2, -0.15) is 13.1 Å². The molecule has 118 valence electrons. The molecule has 0 spiro atoms. The van der Waals surface area contributed by atoms with Gasteiger partial charge >= 0.3 is 0 Å². The fourth-order valence-electron chi connectivity index (χ4n) is 1.42. The number of nitrogens with two attached hydrogens (primary N) is 1. The SMILES string of the molecule is CC(C)(C)NS(=O)(=O)Nc1cccc(OC/C(N)=N/O)c1. The van der Waals surface area contributed by atoms with E-state index in [1.165, 1.54) is 6.07 Å². The Kier molecular flexibility index (Phi) is 5.39. The Labute approximate surface area is 124 Å². The highest BCUT2D eigenvalue weighted by molar-refractivity contribution is 7.90. The molecule has 0 aliphatic heterocycles. The van der Waals surface area contributed by atoms with Gasteiger partial charge in [-0.3, -0.25) is 4.72 Å². The number of anilines is 1. The van der Waals surface area contributed by atoms with Crippen LogP contribution in [0.15, 0.2) is 29.4 Å². The lowest BCUT2D eigenvalue weighted by atomic mass is 10.1. The number of ether oxygens (including phenoxy) is 1. The summed E-state index contributed by atoms with van der Waals surface area (Å²) in [5.41, 5.74) is 5.03. The molecule has 0 radical (unpaired) electrons. The van der Waals surface area contributed by atoms with Gasteiger partial charge in [0.05, 0.1) is 5.69 Å². The maximum Gasteiger partial charge on any atom is 0.299 e. The number of hydrogen-bond acceptors (Lipinski definition) is 5. The van der Waals surface area contributed by atoms with E-state index in [2.05, 4.69) is 14.6 Å². The zero-order valence-corrected chi connectivity index (χ0v) is 12.9. The first-order valence-corrected chi connectivity index (χ1v) is 7.60. The van der Waals surface area contributed by atoms with E-state index in [-0.39, 0.29) is 12.4 Å². The Balaban J connectivity index is 2.77. The van der Waals surface area contributed by atoms with Crippen molar-refractivity contribution in [3.05, 3.63) is 24.3 Å². The Hall–Kier alpha value is -2.00. The predicted octanol–water partition coefficient (Wildman–Crippen LogP) is 0.857. The van der Waals surface area contributed by atoms with Gasteiger partial charge in [0, 0.05) is 11.6 Å². The molecule has 21 heavy (non-hydrogen) atoms. The van der Waals surface area contributed by atoms with E-state index in [0.717, 1.165) is 0 Å². The van der Waals surface area contributed by atoms with Gasteiger partial charge < -0.3 is 15.7 Å². The van der Waals surface area contributed by atoms with Gasteiger partial charge in [-0.05, 0) is 32.9 Å². The molecule has 8 nitrogen and oxygen atoms in total. The maximum atomic E-state index is 11.9. The Bertz CT molecular complexity index is 608. The van der Waals surface area contributed by atoms with Gasteiger partial charge in [-0.25, -0.2) is 0 Å². The summed E-state index contributed by atoms with van der Waals surface area (Å²) in [4.78, 5) is 0. The van der Waals surface area contributed by atoms with Crippen LogP contribution in [0, 0.1) is 0 Å². The highest BCUT2D eigenvalue weighted by Gasteiger charge is 2.19. The van der Waals surface area contributed by atoms with E-state index in [1.807, 2.05) is 0 Å². The van der Waals surface area contributed by atoms with Crippen molar-refractivity contribution < 1.29 is 18.4 Å². The highest BCUT2D eigenvalue weighted by atomic mass is 32.2. The van der Waals surface area contributed by atoms with Crippen molar-refractivity contribution in [2.75, 3.05) is 11.3 Å². The normalized spacial score (nSPS) is 13.0. The van der Waals surface area contributed by atoms with E-state index in [9.17, 15) is 8.42 Å². The summed E-state index contributed by atoms with van der Waals surface area (Å²) in [7, 11) is -3.69. The van der Waals surface area contributed by atoms with E-state index >= 15 is 0 Å². The standard InChI is InChI=1S/C12H20N4O4S/c1-12(2,3)16-21(18,19)15-9-5-4-6-10(7-9)20-8-11(13)14-17/h4-7,15-17H,8H2,1-3H3,(H2,13,14). The molecule has 5 N–H and O–H groups in total. The summed E-state index contributed by atoms with van der Waals surface area (Å²) in [6.45, 7) is 5.11. The molecule has 0 saturated carbocycles. The molecule has 0 amide bonds. The van der Waals surface area contributed by atoms with Crippen molar-refractivity contribution in [3.8, 4) is 5.75 Å². The Morgan fingerprint density at radius 2 is 2.10 bits per heavy atom. The van der Waals surface area contributed by atoms with Crippen LogP contribution < -0.4 is 19.9 Å². The summed E-state index contributed by atoms with van der Waals surface area (Å²) in [5, 5.41) is 11.2. The van der Waals surface area contributed by atoms with Gasteiger partial charge in [-0.15, -0.1) is 0 Å². The van der Waals surface area contributed by atoms with E-state index in [4.69, 9.17) is 15.7 Å². The average Bonchev–Trinajstić information content (AvgIpc) is 2.32. The van der Waals surface area contributed by atoms with Crippen molar-refractivity contribution in [2.45, 2.75) is 26.3 Å². The van der Waals surface area contributed by atoms with Gasteiger partial charge in [0.25, 0.3) is 10.2 Å². The molecule has 1 aromatic rings. The minimum Gasteiger partial charge on any atom is -0.485 e. The lowest BCUT2D eigenvalue weighted by Crippen LogP contribution is -2.43. The predicted molar refractivity (Wildman–Crippen MR) is 80.8 cm³/mol. The number of benzene rings is 1. The van der Waals surface area contributed by atoms with E-state index in [0.29, 0.717) is 11.4 Å². The zero-order valence-electron chi connectivity index (χ0n) is 12.1. The van der Waals surface area contributed by atoms with E-state index in [1.54, 1.807) is 39.0 Å². The minimum absolute atomic E-state index is 0.0876. The van der Waals surface area contributed by atoms with Crippen LogP contribution in [-0.4, -0.2) is 31.6 Å². The van der Waals surface area contributed by atoms with Gasteiger partial charge in [-0.1, -0.05) is 11.2 Å². The van der Waals surface area contributed by atoms with Crippen molar-refractivity contribution in [1.82, 2.24) is 4.72 Å². The number of rotatable bonds is 6. The number of nitrogens with zero attached hydrogens (tertiary/aromatic N) is 1. The van der Waals surface area contributed by atoms with Crippen LogP contribution in [0.5, 0.6) is 5.75 Å². The first kappa shape index (κ1) is 17.1. The van der Waals surface area contributed by atoms with Crippen LogP contribution in [0.4, 0.5) is 5.69 Å². The molecule has 9 heteroatoms. The quantitative estimate of drug-likeness (QED) is 0.268. The van der Waals surface area contributed by atoms with Crippen molar-refractivity contribution in [2.24, 2.45) is 10.9 Å². The molecular formula is C12H20N4O4S. The number of oxime groups is 1. The first-order chi connectivity index (χ1) is 9.61. The molecule has 0 aliphatic carbocycles. The molecular weight excluding hydrogens is 296 g/mol. The Morgan fingerprint density at radius 1 is 1.43 bits per heavy atom. The third-order valence-corrected chi connectivity index (χ3v) is 3.43. The summed E-state index contributed by atoms with van der Waals surface area (Å²) in [6.07, 6.45) is 0. The van der Waals surface area contributed by atoms with Crippen LogP contribution in [0.1, 0.15) is 20.8 Å². The number of nitrogens with one attached hydrogen (secondary N) is 2. The Morgan fingerprint density at radius 3 is 2.67 bits per heavy atom. The minimum atomic E-state index is -3.69. The molecule has 0 atom stereocenters. The monoisotopic (exact) mass is 316 g/mol. The van der Waals surface area contributed by atoms with Gasteiger partial charge in [0.2, 0.25) is 0 Å². The van der Waals surface area contributed by atoms with Crippen LogP contribution >= 0.6 is 0 Å². The third kappa shape index (κ3) is 6.82. The van der Waals surface area contributed by atoms with Crippen LogP contribution in [-0.2, 0) is 10.2 Å². The summed E-state index contributed by atoms with van der Waals surface area (Å²) in [5.74, 6) is 0.299. The molecule has 0 bridgehead atoms. The highest BCUT2D eigenvalue weighted by Crippen LogP contribution is 2.18. The summed E-state index contributed by atoms with van der Waals surface area (Å²) < 4.78 is 33.9. The second kappa shape index (κ2) is 6.64. The van der Waals surface area contributed by atoms with Crippen LogP contribution in [0.25, 0.3) is 0 Å². The fraction of sp³-hybridized carbons (Fsp3) is 0.417. The molecule has 0 heterocycles. The molecule has 0 fully saturated rings. The van der Waals surface area contributed by atoms with Gasteiger partial charge in [0.15, 0.2) is 5.84 Å². The zero-order chi connectivity index (χ0) is 16.1. The molecule has 0 unspecified atom stereocenters. The second-order valence-corrected chi connectivity index (χ2v) is 6.78. The van der Waals surface area contributed by atoms with Crippen molar-refractivity contribution in [3.63, 3.8) is 0 Å². The summed E-state index contributed by atoms with van der Waals surface area (Å²) in [6, 6.07) is 6.32. The fourth-order valence-corrected chi connectivity index (χ4v) is 2.71. The largest absolute Gasteiger partial charge is 0.485 e. The lowest BCUT2D eigenvalue weighted by molar-refractivity contribution is 0.306. The third-order valence-electron chi connectivity index (χ3n) is 2.04. The van der Waals surface area contributed by atoms with Gasteiger partial charge in [0.1, 0.15) is 12.4 Å².